The molecule has 0 radical (unpaired) electrons. The van der Waals surface area contributed by atoms with Crippen LogP contribution < -0.4 is 0 Å². The van der Waals surface area contributed by atoms with Gasteiger partial charge in [0, 0.05) is 11.8 Å². The normalized spacial score (nSPS) is 34.7. The molecule has 0 amide bonds. The summed E-state index contributed by atoms with van der Waals surface area (Å²) in [6.07, 6.45) is 22.4. The first-order chi connectivity index (χ1) is 11.3. The van der Waals surface area contributed by atoms with Crippen LogP contribution in [0.5, 0.6) is 0 Å². The van der Waals surface area contributed by atoms with Crippen molar-refractivity contribution in [1.29, 1.82) is 0 Å². The van der Waals surface area contributed by atoms with Crippen LogP contribution in [-0.4, -0.2) is 0 Å². The van der Waals surface area contributed by atoms with Crippen LogP contribution in [0.3, 0.4) is 0 Å². The first-order valence-electron chi connectivity index (χ1n) is 10.6. The van der Waals surface area contributed by atoms with Crippen LogP contribution in [0, 0.1) is 47.9 Å². The van der Waals surface area contributed by atoms with Crippen molar-refractivity contribution in [3.8, 4) is 11.8 Å². The molecule has 0 bridgehead atoms. The average Bonchev–Trinajstić information content (AvgIpc) is 2.61. The molecule has 0 aromatic rings. The Morgan fingerprint density at radius 3 is 1.67 bits per heavy atom. The molecule has 3 aliphatic carbocycles. The third-order valence-electron chi connectivity index (χ3n) is 6.90. The maximum Gasteiger partial charge on any atom is 0.0203 e. The number of rotatable bonds is 3. The molecule has 0 N–H and O–H groups in total. The second-order valence-electron chi connectivity index (χ2n) is 8.85. The van der Waals surface area contributed by atoms with E-state index in [1.165, 1.54) is 89.9 Å². The molecular formula is C23H37Rf-. The average molecular weight is 581 g/mol. The first-order valence-corrected chi connectivity index (χ1v) is 10.6. The van der Waals surface area contributed by atoms with Crippen molar-refractivity contribution in [2.24, 2.45) is 29.6 Å². The predicted molar refractivity (Wildman–Crippen MR) is 99.8 cm³/mol. The summed E-state index contributed by atoms with van der Waals surface area (Å²) >= 11 is 0. The monoisotopic (exact) mass is 580 g/mol. The summed E-state index contributed by atoms with van der Waals surface area (Å²) < 4.78 is 0. The van der Waals surface area contributed by atoms with Crippen molar-refractivity contribution in [3.63, 3.8) is 0 Å². The van der Waals surface area contributed by atoms with Gasteiger partial charge in [0.25, 0.3) is 0 Å². The molecule has 24 heavy (non-hydrogen) atoms. The fourth-order valence-corrected chi connectivity index (χ4v) is 4.99. The van der Waals surface area contributed by atoms with E-state index >= 15 is 0 Å². The van der Waals surface area contributed by atoms with E-state index in [0.717, 1.165) is 23.7 Å². The standard InChI is InChI=1S/C23H37.Rf/c1-19-7-9-21(10-8-19)13-14-23-17-15-22(16-18-23)12-11-20-5-3-2-4-6-20;/h2,19-23H,3-10,13-18H2,1H3;/q-1;. The molecule has 3 fully saturated rings. The Labute approximate surface area is 145 Å². The molecule has 3 rings (SSSR count). The molecule has 132 valence electrons. The number of hydrogen-bond donors (Lipinski definition) is 0. The maximum absolute atomic E-state index is 3.66. The smallest absolute Gasteiger partial charge is 0.0203 e. The quantitative estimate of drug-likeness (QED) is 0.255. The molecule has 3 saturated carbocycles. The minimum atomic E-state index is 0. The zero-order chi connectivity index (χ0) is 15.9. The molecule has 1 heteroatoms. The Kier molecular flexibility index (Phi) is 7.68. The van der Waals surface area contributed by atoms with Crippen LogP contribution in [0.2, 0.25) is 0 Å². The minimum absolute atomic E-state index is 0. The maximum atomic E-state index is 3.66. The fraction of sp³-hybridized carbons (Fsp3) is 0.870. The SMILES string of the molecule is CC1CCC(CCC2CCC(C#CC3CC[CH-]CC3)CC2)CC1.[Rf]. The molecule has 0 unspecified atom stereocenters. The van der Waals surface area contributed by atoms with Crippen molar-refractivity contribution >= 4 is 0 Å². The van der Waals surface area contributed by atoms with Crippen LogP contribution >= 0.6 is 0 Å². The van der Waals surface area contributed by atoms with Crippen molar-refractivity contribution in [3.05, 3.63) is 6.42 Å². The Morgan fingerprint density at radius 1 is 0.667 bits per heavy atom. The van der Waals surface area contributed by atoms with Gasteiger partial charge in [0.1, 0.15) is 0 Å². The van der Waals surface area contributed by atoms with Gasteiger partial charge in [-0.2, -0.15) is 12.8 Å². The van der Waals surface area contributed by atoms with Gasteiger partial charge in [-0.1, -0.05) is 70.1 Å². The Hall–Kier alpha value is -1.44. The summed E-state index contributed by atoms with van der Waals surface area (Å²) in [5.41, 5.74) is 0. The summed E-state index contributed by atoms with van der Waals surface area (Å²) in [6, 6.07) is 0. The van der Waals surface area contributed by atoms with Gasteiger partial charge in [0.2, 0.25) is 0 Å². The van der Waals surface area contributed by atoms with Gasteiger partial charge in [0.15, 0.2) is 0 Å². The van der Waals surface area contributed by atoms with E-state index in [4.69, 9.17) is 0 Å². The predicted octanol–water partition coefficient (Wildman–Crippen LogP) is 6.80. The summed E-state index contributed by atoms with van der Waals surface area (Å²) in [4.78, 5) is 0. The van der Waals surface area contributed by atoms with Crippen LogP contribution in [0.4, 0.5) is 0 Å². The van der Waals surface area contributed by atoms with E-state index < -0.39 is 0 Å². The summed E-state index contributed by atoms with van der Waals surface area (Å²) in [7, 11) is 0. The third kappa shape index (κ3) is 5.89. The van der Waals surface area contributed by atoms with E-state index in [9.17, 15) is 0 Å². The second-order valence-corrected chi connectivity index (χ2v) is 8.85. The summed E-state index contributed by atoms with van der Waals surface area (Å²) in [5, 5.41) is 0. The molecule has 0 saturated heterocycles. The van der Waals surface area contributed by atoms with E-state index in [1.54, 1.807) is 0 Å². The van der Waals surface area contributed by atoms with Crippen molar-refractivity contribution in [2.75, 3.05) is 0 Å². The van der Waals surface area contributed by atoms with Crippen molar-refractivity contribution in [2.45, 2.75) is 96.8 Å². The van der Waals surface area contributed by atoms with Crippen LogP contribution in [-0.2, 0) is 0 Å². The first kappa shape index (κ1) is 18.9. The summed E-state index contributed by atoms with van der Waals surface area (Å²) in [6.45, 7) is 2.43. The summed E-state index contributed by atoms with van der Waals surface area (Å²) in [5.74, 6) is 11.8. The third-order valence-corrected chi connectivity index (χ3v) is 6.90. The Balaban J connectivity index is 0.00000208. The van der Waals surface area contributed by atoms with Crippen molar-refractivity contribution in [1.82, 2.24) is 0 Å². The van der Waals surface area contributed by atoms with Crippen LogP contribution in [0.15, 0.2) is 0 Å². The Bertz CT molecular complexity index is 382. The van der Waals surface area contributed by atoms with Gasteiger partial charge in [-0.05, 0) is 43.4 Å². The number of hydrogen-bond acceptors (Lipinski definition) is 0. The Morgan fingerprint density at radius 2 is 1.12 bits per heavy atom. The molecule has 0 aliphatic heterocycles. The van der Waals surface area contributed by atoms with Crippen LogP contribution in [0.1, 0.15) is 96.8 Å². The zero-order valence-corrected chi connectivity index (χ0v) is 22.5. The van der Waals surface area contributed by atoms with Crippen LogP contribution in [0.25, 0.3) is 0 Å². The molecule has 0 atom stereocenters. The van der Waals surface area contributed by atoms with E-state index in [1.807, 2.05) is 0 Å². The molecule has 0 heterocycles. The van der Waals surface area contributed by atoms with E-state index in [2.05, 4.69) is 25.2 Å². The minimum Gasteiger partial charge on any atom is -0.328 e. The van der Waals surface area contributed by atoms with E-state index in [0.29, 0.717) is 5.92 Å². The van der Waals surface area contributed by atoms with Crippen molar-refractivity contribution < 1.29 is 0 Å². The molecule has 3 aliphatic rings. The molecular weight excluding hydrogens is 543 g/mol. The van der Waals surface area contributed by atoms with E-state index in [-0.39, 0.29) is 0 Å². The second kappa shape index (κ2) is 9.76. The molecule has 0 nitrogen and oxygen atoms in total. The van der Waals surface area contributed by atoms with Gasteiger partial charge < -0.3 is 6.42 Å². The van der Waals surface area contributed by atoms with Gasteiger partial charge in [-0.25, -0.2) is 0 Å². The molecule has 0 spiro atoms. The topological polar surface area (TPSA) is 0 Å². The molecule has 0 aromatic heterocycles. The van der Waals surface area contributed by atoms with Gasteiger partial charge in [0.05, 0.1) is 0 Å². The molecule has 0 aromatic carbocycles. The fourth-order valence-electron chi connectivity index (χ4n) is 4.99. The van der Waals surface area contributed by atoms with Gasteiger partial charge in [-0.15, -0.1) is 0 Å². The zero-order valence-electron chi connectivity index (χ0n) is 16.1. The van der Waals surface area contributed by atoms with Gasteiger partial charge in [-0.3, -0.25) is 0 Å². The largest absolute Gasteiger partial charge is 0.328 e. The van der Waals surface area contributed by atoms with Gasteiger partial charge >= 0.3 is 0 Å².